The van der Waals surface area contributed by atoms with Crippen LogP contribution in [0.25, 0.3) is 0 Å². The van der Waals surface area contributed by atoms with Gasteiger partial charge in [0.2, 0.25) is 0 Å². The van der Waals surface area contributed by atoms with Crippen molar-refractivity contribution in [1.29, 1.82) is 0 Å². The third-order valence-electron chi connectivity index (χ3n) is 3.66. The molecule has 1 aromatic heterocycles. The lowest BCUT2D eigenvalue weighted by molar-refractivity contribution is 0.437. The van der Waals surface area contributed by atoms with Crippen LogP contribution < -0.4 is 5.73 Å². The molecule has 1 aromatic rings. The van der Waals surface area contributed by atoms with Crippen LogP contribution in [0.3, 0.4) is 0 Å². The maximum absolute atomic E-state index is 6.17. The molecule has 0 unspecified atom stereocenters. The van der Waals surface area contributed by atoms with Crippen LogP contribution in [0, 0.1) is 5.92 Å². The van der Waals surface area contributed by atoms with Crippen LogP contribution >= 0.6 is 0 Å². The molecule has 0 bridgehead atoms. The van der Waals surface area contributed by atoms with Crippen molar-refractivity contribution in [2.45, 2.75) is 51.9 Å². The molecular weight excluding hydrogens is 224 g/mol. The molecule has 0 radical (unpaired) electrons. The Bertz CT molecular complexity index is 425. The van der Waals surface area contributed by atoms with Crippen LogP contribution in [0.1, 0.15) is 57.6 Å². The Hall–Kier alpha value is -1.32. The molecule has 2 N–H and O–H groups in total. The lowest BCUT2D eigenvalue weighted by atomic mass is 9.88. The van der Waals surface area contributed by atoms with Gasteiger partial charge in [0.1, 0.15) is 11.5 Å². The first kappa shape index (κ1) is 13.1. The summed E-state index contributed by atoms with van der Waals surface area (Å²) in [5.74, 6) is 1.65. The van der Waals surface area contributed by atoms with E-state index in [1.807, 2.05) is 17.9 Å². The Morgan fingerprint density at radius 1 is 1.39 bits per heavy atom. The molecule has 18 heavy (non-hydrogen) atoms. The molecule has 4 heteroatoms. The van der Waals surface area contributed by atoms with Crippen molar-refractivity contribution in [3.63, 3.8) is 0 Å². The van der Waals surface area contributed by atoms with Crippen molar-refractivity contribution in [2.75, 3.05) is 0 Å². The van der Waals surface area contributed by atoms with Gasteiger partial charge in [-0.2, -0.15) is 5.10 Å². The van der Waals surface area contributed by atoms with E-state index in [1.54, 1.807) is 0 Å². The molecule has 4 nitrogen and oxygen atoms in total. The summed E-state index contributed by atoms with van der Waals surface area (Å²) in [6, 6.07) is 0. The summed E-state index contributed by atoms with van der Waals surface area (Å²) in [5, 5.41) is 4.46. The SMILES string of the molecule is CC(C)c1nn(C)cc1N=C(N)C1CCCCC1. The van der Waals surface area contributed by atoms with Gasteiger partial charge in [-0.1, -0.05) is 33.1 Å². The van der Waals surface area contributed by atoms with Crippen molar-refractivity contribution in [3.8, 4) is 0 Å². The predicted octanol–water partition coefficient (Wildman–Crippen LogP) is 3.11. The normalized spacial score (nSPS) is 18.6. The fraction of sp³-hybridized carbons (Fsp3) is 0.714. The van der Waals surface area contributed by atoms with Crippen molar-refractivity contribution in [1.82, 2.24) is 9.78 Å². The monoisotopic (exact) mass is 248 g/mol. The number of aliphatic imine (C=N–C) groups is 1. The molecule has 100 valence electrons. The summed E-state index contributed by atoms with van der Waals surface area (Å²) in [4.78, 5) is 4.64. The Labute approximate surface area is 109 Å². The molecule has 0 amide bonds. The van der Waals surface area contributed by atoms with E-state index in [9.17, 15) is 0 Å². The third-order valence-corrected chi connectivity index (χ3v) is 3.66. The lowest BCUT2D eigenvalue weighted by Gasteiger charge is -2.20. The Morgan fingerprint density at radius 3 is 2.67 bits per heavy atom. The van der Waals surface area contributed by atoms with Gasteiger partial charge < -0.3 is 5.73 Å². The first-order chi connectivity index (χ1) is 8.58. The highest BCUT2D eigenvalue weighted by molar-refractivity contribution is 5.85. The molecule has 1 aliphatic rings. The van der Waals surface area contributed by atoms with Crippen molar-refractivity contribution in [2.24, 2.45) is 23.7 Å². The summed E-state index contributed by atoms with van der Waals surface area (Å²) in [5.41, 5.74) is 8.15. The molecule has 1 heterocycles. The first-order valence-electron chi connectivity index (χ1n) is 6.95. The summed E-state index contributed by atoms with van der Waals surface area (Å²) in [6.45, 7) is 4.27. The fourth-order valence-electron chi connectivity index (χ4n) is 2.62. The quantitative estimate of drug-likeness (QED) is 0.660. The average molecular weight is 248 g/mol. The summed E-state index contributed by atoms with van der Waals surface area (Å²) < 4.78 is 1.82. The fourth-order valence-corrected chi connectivity index (χ4v) is 2.62. The molecule has 0 aromatic carbocycles. The number of aryl methyl sites for hydroxylation is 1. The van der Waals surface area contributed by atoms with E-state index in [-0.39, 0.29) is 0 Å². The van der Waals surface area contributed by atoms with E-state index in [4.69, 9.17) is 5.73 Å². The minimum Gasteiger partial charge on any atom is -0.387 e. The maximum Gasteiger partial charge on any atom is 0.106 e. The summed E-state index contributed by atoms with van der Waals surface area (Å²) in [7, 11) is 1.93. The van der Waals surface area contributed by atoms with Crippen molar-refractivity contribution < 1.29 is 0 Å². The number of hydrogen-bond donors (Lipinski definition) is 1. The smallest absolute Gasteiger partial charge is 0.106 e. The molecule has 1 saturated carbocycles. The Balaban J connectivity index is 2.20. The van der Waals surface area contributed by atoms with E-state index in [0.717, 1.165) is 17.2 Å². The van der Waals surface area contributed by atoms with Crippen LogP contribution in [0.5, 0.6) is 0 Å². The van der Waals surface area contributed by atoms with Crippen LogP contribution in [0.4, 0.5) is 5.69 Å². The minimum atomic E-state index is 0.379. The number of nitrogens with zero attached hydrogens (tertiary/aromatic N) is 3. The summed E-state index contributed by atoms with van der Waals surface area (Å²) in [6.07, 6.45) is 8.24. The van der Waals surface area contributed by atoms with Gasteiger partial charge in [-0.15, -0.1) is 0 Å². The number of hydrogen-bond acceptors (Lipinski definition) is 2. The van der Waals surface area contributed by atoms with Crippen LogP contribution in [-0.4, -0.2) is 15.6 Å². The Kier molecular flexibility index (Phi) is 4.04. The lowest BCUT2D eigenvalue weighted by Crippen LogP contribution is -2.25. The number of aromatic nitrogens is 2. The molecule has 1 fully saturated rings. The van der Waals surface area contributed by atoms with Gasteiger partial charge in [0.15, 0.2) is 0 Å². The van der Waals surface area contributed by atoms with Gasteiger partial charge in [-0.05, 0) is 18.8 Å². The second-order valence-corrected chi connectivity index (χ2v) is 5.60. The Morgan fingerprint density at radius 2 is 2.06 bits per heavy atom. The van der Waals surface area contributed by atoms with E-state index in [0.29, 0.717) is 11.8 Å². The molecule has 0 aliphatic heterocycles. The van der Waals surface area contributed by atoms with Crippen LogP contribution in [0.15, 0.2) is 11.2 Å². The van der Waals surface area contributed by atoms with Crippen LogP contribution in [0.2, 0.25) is 0 Å². The second-order valence-electron chi connectivity index (χ2n) is 5.60. The largest absolute Gasteiger partial charge is 0.387 e. The zero-order valence-corrected chi connectivity index (χ0v) is 11.7. The molecule has 0 atom stereocenters. The van der Waals surface area contributed by atoms with Gasteiger partial charge in [-0.3, -0.25) is 4.68 Å². The van der Waals surface area contributed by atoms with Gasteiger partial charge in [0.05, 0.1) is 11.9 Å². The molecule has 0 saturated heterocycles. The van der Waals surface area contributed by atoms with E-state index in [2.05, 4.69) is 23.9 Å². The zero-order chi connectivity index (χ0) is 13.1. The first-order valence-corrected chi connectivity index (χ1v) is 6.95. The number of amidine groups is 1. The molecule has 1 aliphatic carbocycles. The highest BCUT2D eigenvalue weighted by atomic mass is 15.3. The van der Waals surface area contributed by atoms with Gasteiger partial charge >= 0.3 is 0 Å². The average Bonchev–Trinajstić information content (AvgIpc) is 2.71. The van der Waals surface area contributed by atoms with E-state index >= 15 is 0 Å². The van der Waals surface area contributed by atoms with Gasteiger partial charge in [-0.25, -0.2) is 4.99 Å². The highest BCUT2D eigenvalue weighted by Crippen LogP contribution is 2.28. The standard InChI is InChI=1S/C14H24N4/c1-10(2)13-12(9-18(3)17-13)16-14(15)11-7-5-4-6-8-11/h9-11H,4-8H2,1-3H3,(H2,15,16). The van der Waals surface area contributed by atoms with Gasteiger partial charge in [0.25, 0.3) is 0 Å². The van der Waals surface area contributed by atoms with Crippen molar-refractivity contribution in [3.05, 3.63) is 11.9 Å². The molecule has 2 rings (SSSR count). The minimum absolute atomic E-state index is 0.379. The third kappa shape index (κ3) is 2.92. The predicted molar refractivity (Wildman–Crippen MR) is 75.2 cm³/mol. The van der Waals surface area contributed by atoms with Crippen LogP contribution in [-0.2, 0) is 7.05 Å². The van der Waals surface area contributed by atoms with Crippen molar-refractivity contribution >= 4 is 11.5 Å². The second kappa shape index (κ2) is 5.55. The van der Waals surface area contributed by atoms with E-state index in [1.165, 1.54) is 32.1 Å². The number of rotatable bonds is 3. The summed E-state index contributed by atoms with van der Waals surface area (Å²) >= 11 is 0. The van der Waals surface area contributed by atoms with E-state index < -0.39 is 0 Å². The molecule has 0 spiro atoms. The van der Waals surface area contributed by atoms with Gasteiger partial charge in [0, 0.05) is 13.0 Å². The zero-order valence-electron chi connectivity index (χ0n) is 11.7. The number of nitrogens with two attached hydrogens (primary N) is 1. The molecular formula is C14H24N4. The topological polar surface area (TPSA) is 56.2 Å². The maximum atomic E-state index is 6.17. The highest BCUT2D eigenvalue weighted by Gasteiger charge is 2.18.